The second-order valence-electron chi connectivity index (χ2n) is 1.56. The van der Waals surface area contributed by atoms with Gasteiger partial charge in [0.2, 0.25) is 0 Å². The Bertz CT molecular complexity index is 315. The van der Waals surface area contributed by atoms with E-state index in [2.05, 4.69) is 0 Å². The molecule has 1 aromatic carbocycles. The summed E-state index contributed by atoms with van der Waals surface area (Å²) in [4.78, 5) is 0.442. The zero-order valence-corrected chi connectivity index (χ0v) is 8.48. The molecule has 1 aromatic rings. The normalized spacial score (nSPS) is 5.64. The number of benzene rings is 1. The second-order valence-corrected chi connectivity index (χ2v) is 2.53. The van der Waals surface area contributed by atoms with E-state index in [1.807, 2.05) is 0 Å². The standard InChI is InChI=1S/C6H5NOS.3Be.2N/c7-9(8)6-4-2-1-3-5-6;;;;;/h1-5H;;;;;/q;3*+2;2*-3. The fourth-order valence-electron chi connectivity index (χ4n) is 0.537. The summed E-state index contributed by atoms with van der Waals surface area (Å²) in [5.74, 6) is 0. The summed E-state index contributed by atoms with van der Waals surface area (Å²) in [5.41, 5.74) is 0. The van der Waals surface area contributed by atoms with Gasteiger partial charge in [-0.15, -0.1) is 4.61 Å². The van der Waals surface area contributed by atoms with Gasteiger partial charge in [0.05, 0.1) is 4.90 Å². The Hall–Kier alpha value is -0.624. The minimum absolute atomic E-state index is 0. The van der Waals surface area contributed by atoms with Gasteiger partial charge in [-0.1, -0.05) is 18.2 Å². The molecule has 0 bridgehead atoms. The van der Waals surface area contributed by atoms with E-state index in [9.17, 15) is 4.21 Å². The molecule has 8 heteroatoms. The Morgan fingerprint density at radius 2 is 1.29 bits per heavy atom. The van der Waals surface area contributed by atoms with Crippen LogP contribution in [0.25, 0.3) is 12.3 Å². The van der Waals surface area contributed by atoms with Crippen molar-refractivity contribution in [2.75, 3.05) is 0 Å². The summed E-state index contributed by atoms with van der Waals surface area (Å²) in [6.45, 7) is 0. The van der Waals surface area contributed by atoms with Crippen molar-refractivity contribution >= 4 is 40.8 Å². The molecular weight excluding hydrogens is 189 g/mol. The van der Waals surface area contributed by atoms with Crippen molar-refractivity contribution in [1.29, 1.82) is 4.61 Å². The molecule has 0 fully saturated rings. The zero-order chi connectivity index (χ0) is 6.69. The van der Waals surface area contributed by atoms with Gasteiger partial charge < -0.3 is 12.3 Å². The molecule has 0 heterocycles. The van der Waals surface area contributed by atoms with Gasteiger partial charge in [0.1, 0.15) is 0 Å². The third kappa shape index (κ3) is 9.46. The van der Waals surface area contributed by atoms with E-state index in [0.29, 0.717) is 4.90 Å². The molecule has 0 unspecified atom stereocenters. The Balaban J connectivity index is -0.0000000540. The van der Waals surface area contributed by atoms with E-state index in [-0.39, 0.29) is 42.7 Å². The van der Waals surface area contributed by atoms with Gasteiger partial charge in [0, 0.05) is 0 Å². The minimum atomic E-state index is -1.83. The maximum Gasteiger partial charge on any atom is 2.00 e. The van der Waals surface area contributed by atoms with Gasteiger partial charge in [-0.3, -0.25) is 0 Å². The van der Waals surface area contributed by atoms with Gasteiger partial charge in [-0.05, 0) is 12.1 Å². The van der Waals surface area contributed by atoms with Crippen LogP contribution in [0.5, 0.6) is 0 Å². The summed E-state index contributed by atoms with van der Waals surface area (Å²) in [6, 6.07) is 8.47. The monoisotopic (exact) mass is 194 g/mol. The second kappa shape index (κ2) is 14.9. The Labute approximate surface area is 97.4 Å². The summed E-state index contributed by atoms with van der Waals surface area (Å²) >= 11 is 0. The zero-order valence-electron chi connectivity index (χ0n) is 7.67. The van der Waals surface area contributed by atoms with Crippen LogP contribution < -0.4 is 0 Å². The van der Waals surface area contributed by atoms with Crippen LogP contribution in [0, 0.1) is 4.61 Å². The molecule has 0 aliphatic carbocycles. The molecule has 0 N–H and O–H groups in total. The van der Waals surface area contributed by atoms with Crippen molar-refractivity contribution in [3.05, 3.63) is 42.6 Å². The number of hydrogen-bond donors (Lipinski definition) is 0. The number of nitrogens with zero attached hydrogens (tertiary/aromatic N) is 3. The van der Waals surface area contributed by atoms with Crippen LogP contribution in [0.4, 0.5) is 0 Å². The molecule has 0 atom stereocenters. The summed E-state index contributed by atoms with van der Waals surface area (Å²) in [5, 5.41) is 0. The van der Waals surface area contributed by atoms with Crippen LogP contribution >= 0.6 is 0 Å². The first-order valence-corrected chi connectivity index (χ1v) is 3.57. The third-order valence-corrected chi connectivity index (χ3v) is 1.62. The van der Waals surface area contributed by atoms with E-state index in [4.69, 9.17) is 4.61 Å². The van der Waals surface area contributed by atoms with Crippen LogP contribution in [0.1, 0.15) is 0 Å². The molecule has 0 aliphatic heterocycles. The van der Waals surface area contributed by atoms with Crippen molar-refractivity contribution in [2.45, 2.75) is 4.90 Å². The van der Waals surface area contributed by atoms with Crippen LogP contribution in [0.15, 0.2) is 35.2 Å². The van der Waals surface area contributed by atoms with Gasteiger partial charge in [-0.2, -0.15) is 4.21 Å². The molecule has 0 saturated heterocycles. The predicted octanol–water partition coefficient (Wildman–Crippen LogP) is 0.709. The van der Waals surface area contributed by atoms with Gasteiger partial charge in [0.15, 0.2) is 10.4 Å². The molecule has 0 aromatic heterocycles. The smallest absolute Gasteiger partial charge is 2.00 e. The Morgan fingerprint density at radius 1 is 0.929 bits per heavy atom. The molecule has 0 radical (unpaired) electrons. The van der Waals surface area contributed by atoms with Gasteiger partial charge in [0.25, 0.3) is 0 Å². The van der Waals surface area contributed by atoms with Crippen molar-refractivity contribution in [1.82, 2.24) is 0 Å². The van der Waals surface area contributed by atoms with Gasteiger partial charge in [-0.25, -0.2) is 0 Å². The molecule has 14 heavy (non-hydrogen) atoms. The topological polar surface area (TPSA) is 102 Å². The minimum Gasteiger partial charge on any atom is -3.00 e. The molecule has 0 amide bonds. The SMILES string of the molecule is N#S(=O)c1ccccc1.[Be+2].[Be+2].[Be+2].[N-3].[N-3]. The molecule has 0 aliphatic rings. The average Bonchev–Trinajstić information content (AvgIpc) is 1.90. The first-order valence-electron chi connectivity index (χ1n) is 2.46. The first-order chi connectivity index (χ1) is 4.30. The van der Waals surface area contributed by atoms with E-state index in [1.165, 1.54) is 0 Å². The van der Waals surface area contributed by atoms with Crippen LogP contribution in [0.2, 0.25) is 0 Å². The largest absolute Gasteiger partial charge is 3.00 e. The molecule has 1 rings (SSSR count). The average molecular weight is 194 g/mol. The molecule has 4 nitrogen and oxygen atoms in total. The quantitative estimate of drug-likeness (QED) is 0.567. The summed E-state index contributed by atoms with van der Waals surface area (Å²) in [7, 11) is -1.83. The fraction of sp³-hybridized carbons (Fsp3) is 0. The Morgan fingerprint density at radius 3 is 1.50 bits per heavy atom. The Kier molecular flexibility index (Phi) is 31.0. The first kappa shape index (κ1) is 29.2. The molecule has 0 spiro atoms. The summed E-state index contributed by atoms with van der Waals surface area (Å²) < 4.78 is 18.8. The van der Waals surface area contributed by atoms with E-state index >= 15 is 0 Å². The van der Waals surface area contributed by atoms with Crippen molar-refractivity contribution in [2.24, 2.45) is 0 Å². The maximum atomic E-state index is 10.3. The van der Waals surface area contributed by atoms with E-state index < -0.39 is 10.4 Å². The van der Waals surface area contributed by atoms with Crippen LogP contribution in [-0.4, -0.2) is 34.6 Å². The van der Waals surface area contributed by atoms with Crippen molar-refractivity contribution < 1.29 is 4.21 Å². The van der Waals surface area contributed by atoms with Crippen LogP contribution in [-0.2, 0) is 10.4 Å². The van der Waals surface area contributed by atoms with Gasteiger partial charge >= 0.3 is 30.4 Å². The molecule has 0 saturated carbocycles. The predicted molar refractivity (Wildman–Crippen MR) is 58.6 cm³/mol. The summed E-state index contributed by atoms with van der Waals surface area (Å²) in [6.07, 6.45) is 0. The van der Waals surface area contributed by atoms with Crippen molar-refractivity contribution in [3.8, 4) is 0 Å². The maximum absolute atomic E-state index is 10.3. The third-order valence-electron chi connectivity index (χ3n) is 0.945. The van der Waals surface area contributed by atoms with Crippen molar-refractivity contribution in [3.63, 3.8) is 0 Å². The van der Waals surface area contributed by atoms with Crippen LogP contribution in [0.3, 0.4) is 0 Å². The number of rotatable bonds is 0. The molecular formula is C6H5Be3N3OS. The number of hydrogen-bond acceptors (Lipinski definition) is 2. The van der Waals surface area contributed by atoms with E-state index in [1.54, 1.807) is 30.3 Å². The van der Waals surface area contributed by atoms with E-state index in [0.717, 1.165) is 0 Å². The fourth-order valence-corrected chi connectivity index (χ4v) is 0.927. The molecule has 62 valence electrons.